The molecule has 0 aromatic heterocycles. The lowest BCUT2D eigenvalue weighted by Crippen LogP contribution is -2.46. The molecule has 120 valence electrons. The molecule has 1 atom stereocenters. The predicted molar refractivity (Wildman–Crippen MR) is 85.4 cm³/mol. The van der Waals surface area contributed by atoms with E-state index in [1.807, 2.05) is 24.3 Å². The highest BCUT2D eigenvalue weighted by Gasteiger charge is 2.25. The molecular formula is C15H18ClNO4S. The summed E-state index contributed by atoms with van der Waals surface area (Å²) in [4.78, 5) is 25.5. The molecule has 0 aliphatic carbocycles. The van der Waals surface area contributed by atoms with E-state index in [9.17, 15) is 9.59 Å². The van der Waals surface area contributed by atoms with Gasteiger partial charge < -0.3 is 14.7 Å². The summed E-state index contributed by atoms with van der Waals surface area (Å²) in [6.07, 6.45) is -0.0835. The van der Waals surface area contributed by atoms with Crippen molar-refractivity contribution in [2.24, 2.45) is 0 Å². The van der Waals surface area contributed by atoms with Crippen molar-refractivity contribution >= 4 is 35.2 Å². The van der Waals surface area contributed by atoms with Crippen LogP contribution in [0.3, 0.4) is 0 Å². The molecule has 1 heterocycles. The first-order valence-electron chi connectivity index (χ1n) is 7.05. The third-order valence-electron chi connectivity index (χ3n) is 3.30. The largest absolute Gasteiger partial charge is 0.481 e. The minimum absolute atomic E-state index is 0.0262. The molecule has 1 aromatic carbocycles. The highest BCUT2D eigenvalue weighted by atomic mass is 35.5. The number of hydrogen-bond acceptors (Lipinski definition) is 4. The summed E-state index contributed by atoms with van der Waals surface area (Å²) >= 11 is 7.61. The molecule has 1 N–H and O–H groups in total. The van der Waals surface area contributed by atoms with E-state index in [0.29, 0.717) is 36.9 Å². The Morgan fingerprint density at radius 1 is 1.41 bits per heavy atom. The Morgan fingerprint density at radius 3 is 2.91 bits per heavy atom. The van der Waals surface area contributed by atoms with Gasteiger partial charge in [-0.25, -0.2) is 0 Å². The lowest BCUT2D eigenvalue weighted by Gasteiger charge is -2.32. The van der Waals surface area contributed by atoms with Crippen molar-refractivity contribution in [1.29, 1.82) is 0 Å². The number of hydrogen-bond donors (Lipinski definition) is 1. The van der Waals surface area contributed by atoms with E-state index < -0.39 is 12.1 Å². The average Bonchev–Trinajstić information content (AvgIpc) is 2.48. The van der Waals surface area contributed by atoms with Crippen LogP contribution in [0.1, 0.15) is 12.8 Å². The zero-order chi connectivity index (χ0) is 15.9. The van der Waals surface area contributed by atoms with Crippen LogP contribution in [0.2, 0.25) is 5.02 Å². The number of morpholine rings is 1. The van der Waals surface area contributed by atoms with E-state index in [2.05, 4.69) is 0 Å². The zero-order valence-corrected chi connectivity index (χ0v) is 13.6. The molecular weight excluding hydrogens is 326 g/mol. The summed E-state index contributed by atoms with van der Waals surface area (Å²) in [6.45, 7) is 1.26. The van der Waals surface area contributed by atoms with Gasteiger partial charge in [0, 0.05) is 30.2 Å². The summed E-state index contributed by atoms with van der Waals surface area (Å²) in [5.74, 6) is -0.240. The number of thioether (sulfide) groups is 1. The summed E-state index contributed by atoms with van der Waals surface area (Å²) in [6, 6.07) is 7.53. The summed E-state index contributed by atoms with van der Waals surface area (Å²) in [5.41, 5.74) is 0. The van der Waals surface area contributed by atoms with Crippen molar-refractivity contribution in [3.05, 3.63) is 29.3 Å². The number of aliphatic carboxylic acids is 1. The van der Waals surface area contributed by atoms with Crippen molar-refractivity contribution in [3.8, 4) is 0 Å². The fourth-order valence-corrected chi connectivity index (χ4v) is 3.41. The molecule has 1 aliphatic heterocycles. The molecule has 0 radical (unpaired) electrons. The third kappa shape index (κ3) is 5.19. The molecule has 1 saturated heterocycles. The van der Waals surface area contributed by atoms with Crippen LogP contribution in [-0.4, -0.2) is 53.4 Å². The molecule has 7 heteroatoms. The van der Waals surface area contributed by atoms with E-state index in [-0.39, 0.29) is 12.3 Å². The fourth-order valence-electron chi connectivity index (χ4n) is 2.23. The van der Waals surface area contributed by atoms with E-state index in [0.717, 1.165) is 4.90 Å². The molecule has 1 aromatic rings. The van der Waals surface area contributed by atoms with Gasteiger partial charge in [-0.05, 0) is 12.1 Å². The molecule has 1 unspecified atom stereocenters. The molecule has 0 spiro atoms. The Kier molecular flexibility index (Phi) is 6.54. The quantitative estimate of drug-likeness (QED) is 0.804. The van der Waals surface area contributed by atoms with Gasteiger partial charge in [0.05, 0.1) is 24.2 Å². The number of rotatable bonds is 6. The first-order valence-corrected chi connectivity index (χ1v) is 8.41. The maximum atomic E-state index is 12.2. The topological polar surface area (TPSA) is 66.8 Å². The maximum Gasteiger partial charge on any atom is 0.306 e. The summed E-state index contributed by atoms with van der Waals surface area (Å²) in [5, 5.41) is 9.47. The Labute approximate surface area is 138 Å². The van der Waals surface area contributed by atoms with Gasteiger partial charge in [0.25, 0.3) is 0 Å². The fraction of sp³-hybridized carbons (Fsp3) is 0.467. The molecule has 1 amide bonds. The smallest absolute Gasteiger partial charge is 0.306 e. The molecule has 0 saturated carbocycles. The minimum atomic E-state index is -0.909. The lowest BCUT2D eigenvalue weighted by molar-refractivity contribution is -0.147. The van der Waals surface area contributed by atoms with Crippen molar-refractivity contribution in [2.45, 2.75) is 23.8 Å². The van der Waals surface area contributed by atoms with Crippen molar-refractivity contribution in [2.75, 3.05) is 25.4 Å². The minimum Gasteiger partial charge on any atom is -0.481 e. The molecule has 1 aliphatic rings. The number of carbonyl (C=O) groups is 2. The van der Waals surface area contributed by atoms with Gasteiger partial charge in [0.15, 0.2) is 0 Å². The van der Waals surface area contributed by atoms with Crippen LogP contribution in [0.25, 0.3) is 0 Å². The second kappa shape index (κ2) is 8.41. The molecule has 5 nitrogen and oxygen atoms in total. The van der Waals surface area contributed by atoms with Crippen LogP contribution in [0.5, 0.6) is 0 Å². The Balaban J connectivity index is 1.77. The van der Waals surface area contributed by atoms with Crippen LogP contribution >= 0.6 is 23.4 Å². The van der Waals surface area contributed by atoms with Crippen molar-refractivity contribution in [3.63, 3.8) is 0 Å². The third-order valence-corrected chi connectivity index (χ3v) is 4.82. The number of ether oxygens (including phenoxy) is 1. The Morgan fingerprint density at radius 2 is 2.18 bits per heavy atom. The number of carboxylic acid groups (broad SMARTS) is 1. The monoisotopic (exact) mass is 343 g/mol. The van der Waals surface area contributed by atoms with Gasteiger partial charge in [-0.15, -0.1) is 11.8 Å². The maximum absolute atomic E-state index is 12.2. The van der Waals surface area contributed by atoms with Gasteiger partial charge in [-0.2, -0.15) is 0 Å². The number of halogens is 1. The van der Waals surface area contributed by atoms with Gasteiger partial charge >= 0.3 is 5.97 Å². The lowest BCUT2D eigenvalue weighted by atomic mass is 10.2. The standard InChI is InChI=1S/C15H18ClNO4S/c16-12-3-1-2-4-13(12)22-8-5-14(18)17-6-7-21-11(10-17)9-15(19)20/h1-4,11H,5-10H2,(H,19,20). The molecule has 22 heavy (non-hydrogen) atoms. The first kappa shape index (κ1) is 17.1. The average molecular weight is 344 g/mol. The molecule has 2 rings (SSSR count). The van der Waals surface area contributed by atoms with Gasteiger partial charge in [0.2, 0.25) is 5.91 Å². The first-order chi connectivity index (χ1) is 10.6. The van der Waals surface area contributed by atoms with E-state index in [1.54, 1.807) is 16.7 Å². The second-order valence-electron chi connectivity index (χ2n) is 4.96. The predicted octanol–water partition coefficient (Wildman–Crippen LogP) is 2.52. The zero-order valence-electron chi connectivity index (χ0n) is 12.0. The van der Waals surface area contributed by atoms with E-state index in [1.165, 1.54) is 0 Å². The normalized spacial score (nSPS) is 18.2. The van der Waals surface area contributed by atoms with Gasteiger partial charge in [-0.3, -0.25) is 9.59 Å². The van der Waals surface area contributed by atoms with Gasteiger partial charge in [0.1, 0.15) is 0 Å². The SMILES string of the molecule is O=C(O)CC1CN(C(=O)CCSc2ccccc2Cl)CCO1. The number of amides is 1. The highest BCUT2D eigenvalue weighted by Crippen LogP contribution is 2.27. The van der Waals surface area contributed by atoms with Crippen molar-refractivity contribution in [1.82, 2.24) is 4.90 Å². The van der Waals surface area contributed by atoms with Crippen LogP contribution in [0, 0.1) is 0 Å². The van der Waals surface area contributed by atoms with E-state index >= 15 is 0 Å². The Bertz CT molecular complexity index is 540. The number of carboxylic acids is 1. The number of nitrogens with zero attached hydrogens (tertiary/aromatic N) is 1. The van der Waals surface area contributed by atoms with Crippen LogP contribution in [0.15, 0.2) is 29.2 Å². The van der Waals surface area contributed by atoms with Crippen molar-refractivity contribution < 1.29 is 19.4 Å². The van der Waals surface area contributed by atoms with Gasteiger partial charge in [-0.1, -0.05) is 23.7 Å². The van der Waals surface area contributed by atoms with E-state index in [4.69, 9.17) is 21.4 Å². The highest BCUT2D eigenvalue weighted by molar-refractivity contribution is 7.99. The van der Waals surface area contributed by atoms with Crippen LogP contribution < -0.4 is 0 Å². The summed E-state index contributed by atoms with van der Waals surface area (Å²) < 4.78 is 5.36. The summed E-state index contributed by atoms with van der Waals surface area (Å²) in [7, 11) is 0. The van der Waals surface area contributed by atoms with Crippen LogP contribution in [0.4, 0.5) is 0 Å². The molecule has 1 fully saturated rings. The number of benzene rings is 1. The Hall–Kier alpha value is -1.24. The second-order valence-corrected chi connectivity index (χ2v) is 6.50. The van der Waals surface area contributed by atoms with Crippen LogP contribution in [-0.2, 0) is 14.3 Å². The number of carbonyl (C=O) groups excluding carboxylic acids is 1. The molecule has 0 bridgehead atoms.